The molecule has 1 aliphatic carbocycles. The maximum Gasteiger partial charge on any atom is 0.228 e. The van der Waals surface area contributed by atoms with Crippen molar-refractivity contribution >= 4 is 23.6 Å². The van der Waals surface area contributed by atoms with Gasteiger partial charge < -0.3 is 37.5 Å². The number of amides is 2. The molecular weight excluding hydrogens is 590 g/mol. The van der Waals surface area contributed by atoms with E-state index in [0.717, 1.165) is 54.9 Å². The number of para-hydroxylation sites is 1. The number of unbranched alkanes of at least 4 members (excludes halogenated alkanes) is 1. The van der Waals surface area contributed by atoms with Gasteiger partial charge in [0.15, 0.2) is 0 Å². The van der Waals surface area contributed by atoms with Gasteiger partial charge in [-0.3, -0.25) is 14.6 Å². The molecule has 10 nitrogen and oxygen atoms in total. The number of aromatic nitrogens is 1. The Morgan fingerprint density at radius 3 is 2.43 bits per heavy atom. The molecule has 1 aromatic heterocycles. The predicted molar refractivity (Wildman–Crippen MR) is 193 cm³/mol. The van der Waals surface area contributed by atoms with E-state index in [9.17, 15) is 4.79 Å². The summed E-state index contributed by atoms with van der Waals surface area (Å²) in [5, 5.41) is 11.8. The Hall–Kier alpha value is -4.73. The molecule has 0 bridgehead atoms. The van der Waals surface area contributed by atoms with Gasteiger partial charge in [-0.1, -0.05) is 57.9 Å². The molecule has 256 valence electrons. The van der Waals surface area contributed by atoms with Crippen LogP contribution >= 0.6 is 0 Å². The molecule has 1 fully saturated rings. The van der Waals surface area contributed by atoms with E-state index in [-0.39, 0.29) is 17.6 Å². The highest BCUT2D eigenvalue weighted by Crippen LogP contribution is 2.37. The second-order valence-corrected chi connectivity index (χ2v) is 11.5. The number of nitrogens with zero attached hydrogens (tertiary/aromatic N) is 1. The first-order chi connectivity index (χ1) is 22.7. The van der Waals surface area contributed by atoms with Gasteiger partial charge in [-0.25, -0.2) is 0 Å². The van der Waals surface area contributed by atoms with Crippen LogP contribution in [-0.4, -0.2) is 38.0 Å². The molecule has 2 aliphatic rings. The highest BCUT2D eigenvalue weighted by Gasteiger charge is 2.29. The lowest BCUT2D eigenvalue weighted by Gasteiger charge is -2.24. The third-order valence-corrected chi connectivity index (χ3v) is 7.75. The maximum absolute atomic E-state index is 12.1. The molecule has 1 aliphatic heterocycles. The number of dihydropyridines is 1. The average molecular weight is 646 g/mol. The Labute approximate surface area is 281 Å². The average Bonchev–Trinajstić information content (AvgIpc) is 3.95. The smallest absolute Gasteiger partial charge is 0.228 e. The van der Waals surface area contributed by atoms with Crippen molar-refractivity contribution in [2.45, 2.75) is 72.6 Å². The van der Waals surface area contributed by atoms with Crippen LogP contribution in [0.1, 0.15) is 77.5 Å². The molecular formula is C37H55N7O3. The summed E-state index contributed by atoms with van der Waals surface area (Å²) < 4.78 is 5.87. The molecule has 1 aromatic carbocycles. The summed E-state index contributed by atoms with van der Waals surface area (Å²) >= 11 is 0. The zero-order valence-corrected chi connectivity index (χ0v) is 29.0. The van der Waals surface area contributed by atoms with Crippen LogP contribution in [0.2, 0.25) is 0 Å². The van der Waals surface area contributed by atoms with Crippen molar-refractivity contribution in [2.75, 3.05) is 26.0 Å². The second-order valence-electron chi connectivity index (χ2n) is 11.5. The van der Waals surface area contributed by atoms with E-state index in [1.807, 2.05) is 36.5 Å². The molecule has 8 N–H and O–H groups in total. The number of carbonyl (C=O) groups excluding carboxylic acids is 2. The van der Waals surface area contributed by atoms with Gasteiger partial charge in [-0.15, -0.1) is 0 Å². The lowest BCUT2D eigenvalue weighted by atomic mass is 9.87. The molecule has 2 amide bonds. The Morgan fingerprint density at radius 1 is 1.15 bits per heavy atom. The lowest BCUT2D eigenvalue weighted by Crippen LogP contribution is -2.29. The Morgan fingerprint density at radius 2 is 1.89 bits per heavy atom. The number of aryl methyl sites for hydroxylation is 1. The molecule has 47 heavy (non-hydrogen) atoms. The van der Waals surface area contributed by atoms with Crippen molar-refractivity contribution in [1.82, 2.24) is 20.9 Å². The number of nitrogens with one attached hydrogen (secondary N) is 4. The van der Waals surface area contributed by atoms with Gasteiger partial charge in [0, 0.05) is 54.9 Å². The summed E-state index contributed by atoms with van der Waals surface area (Å²) in [5.41, 5.74) is 18.9. The Bertz CT molecular complexity index is 1390. The lowest BCUT2D eigenvalue weighted by molar-refractivity contribution is -0.121. The molecule has 1 saturated carbocycles. The van der Waals surface area contributed by atoms with Crippen molar-refractivity contribution < 1.29 is 14.3 Å². The number of benzene rings is 1. The number of anilines is 1. The van der Waals surface area contributed by atoms with Crippen molar-refractivity contribution in [3.05, 3.63) is 95.0 Å². The van der Waals surface area contributed by atoms with E-state index in [1.165, 1.54) is 30.4 Å². The third-order valence-electron chi connectivity index (χ3n) is 7.75. The van der Waals surface area contributed by atoms with Crippen LogP contribution in [0, 0.1) is 11.8 Å². The van der Waals surface area contributed by atoms with Gasteiger partial charge in [0.05, 0.1) is 18.5 Å². The minimum absolute atomic E-state index is 0.0442. The minimum atomic E-state index is -0.0442. The number of nitrogens with two attached hydrogens (primary N) is 2. The van der Waals surface area contributed by atoms with Crippen LogP contribution in [0.5, 0.6) is 5.75 Å². The normalized spacial score (nSPS) is 15.0. The Balaban J connectivity index is 0.000000537. The van der Waals surface area contributed by atoms with Crippen LogP contribution < -0.4 is 37.5 Å². The summed E-state index contributed by atoms with van der Waals surface area (Å²) in [4.78, 5) is 25.2. The molecule has 2 heterocycles. The van der Waals surface area contributed by atoms with Crippen LogP contribution in [-0.2, 0) is 16.0 Å². The predicted octanol–water partition coefficient (Wildman–Crippen LogP) is 5.72. The fraction of sp³-hybridized carbons (Fsp3) is 0.432. The highest BCUT2D eigenvalue weighted by atomic mass is 16.5. The fourth-order valence-corrected chi connectivity index (χ4v) is 4.93. The Kier molecular flexibility index (Phi) is 17.3. The van der Waals surface area contributed by atoms with Crippen molar-refractivity contribution in [3.63, 3.8) is 0 Å². The number of rotatable bonds is 14. The van der Waals surface area contributed by atoms with E-state index in [4.69, 9.17) is 21.0 Å². The molecule has 10 heteroatoms. The van der Waals surface area contributed by atoms with Crippen molar-refractivity contribution in [3.8, 4) is 5.75 Å². The highest BCUT2D eigenvalue weighted by molar-refractivity contribution is 5.83. The van der Waals surface area contributed by atoms with E-state index in [0.29, 0.717) is 23.7 Å². The first-order valence-electron chi connectivity index (χ1n) is 16.6. The maximum atomic E-state index is 12.1. The molecule has 0 radical (unpaired) electrons. The standard InChI is InChI=1S/C28H41N5O2.C7H9N.C2H5NO/c1-5-7-9-19(6-2)21-14-22(17-31-16-21)23-10-8-11-24(27(23)35-4)32-25(18(3)29)15-26(30)33-28(34)20-12-13-20;1-2-7-5-3-4-6-8-7;1-3-2-4/h8,10-11,14-16,19-20,31-32H,5-7,9,12-13,17,29-30H2,1-4H3,(H,33,34);3-6H,2H2,1H3;2H,1H3,(H,3,4)/b25-18+,26-15+;;. The minimum Gasteiger partial charge on any atom is -0.494 e. The molecule has 1 unspecified atom stereocenters. The summed E-state index contributed by atoms with van der Waals surface area (Å²) in [6.45, 7) is 9.11. The number of allylic oxidation sites excluding steroid dienone is 4. The number of hydrogen-bond acceptors (Lipinski definition) is 8. The number of hydrogen-bond donors (Lipinski definition) is 6. The molecule has 0 saturated heterocycles. The molecule has 0 spiro atoms. The van der Waals surface area contributed by atoms with Gasteiger partial charge in [-0.2, -0.15) is 0 Å². The zero-order valence-electron chi connectivity index (χ0n) is 29.0. The summed E-state index contributed by atoms with van der Waals surface area (Å²) in [6, 6.07) is 12.0. The number of pyridine rings is 1. The number of ether oxygens (including phenoxy) is 1. The van der Waals surface area contributed by atoms with E-state index < -0.39 is 0 Å². The van der Waals surface area contributed by atoms with Gasteiger partial charge in [0.1, 0.15) is 11.6 Å². The summed E-state index contributed by atoms with van der Waals surface area (Å²) in [6.07, 6.45) is 16.2. The topological polar surface area (TPSA) is 156 Å². The van der Waals surface area contributed by atoms with Crippen LogP contribution in [0.3, 0.4) is 0 Å². The van der Waals surface area contributed by atoms with E-state index in [1.54, 1.807) is 27.2 Å². The van der Waals surface area contributed by atoms with E-state index >= 15 is 0 Å². The largest absolute Gasteiger partial charge is 0.494 e. The second kappa shape index (κ2) is 21.1. The van der Waals surface area contributed by atoms with Gasteiger partial charge in [-0.05, 0) is 74.3 Å². The van der Waals surface area contributed by atoms with Gasteiger partial charge in [0.25, 0.3) is 0 Å². The van der Waals surface area contributed by atoms with Gasteiger partial charge >= 0.3 is 0 Å². The van der Waals surface area contributed by atoms with Crippen molar-refractivity contribution in [1.29, 1.82) is 0 Å². The van der Waals surface area contributed by atoms with Crippen molar-refractivity contribution in [2.24, 2.45) is 23.3 Å². The van der Waals surface area contributed by atoms with Crippen LogP contribution in [0.4, 0.5) is 5.69 Å². The molecule has 4 rings (SSSR count). The monoisotopic (exact) mass is 645 g/mol. The first-order valence-corrected chi connectivity index (χ1v) is 16.6. The third kappa shape index (κ3) is 13.3. The number of methoxy groups -OCH3 is 1. The summed E-state index contributed by atoms with van der Waals surface area (Å²) in [7, 11) is 3.24. The quantitative estimate of drug-likeness (QED) is 0.113. The molecule has 2 aromatic rings. The first kappa shape index (κ1) is 38.5. The molecule has 1 atom stereocenters. The van der Waals surface area contributed by atoms with Crippen LogP contribution in [0.15, 0.2) is 83.7 Å². The number of carbonyl (C=O) groups is 2. The van der Waals surface area contributed by atoms with Crippen LogP contribution in [0.25, 0.3) is 5.57 Å². The van der Waals surface area contributed by atoms with Gasteiger partial charge in [0.2, 0.25) is 12.3 Å². The summed E-state index contributed by atoms with van der Waals surface area (Å²) in [5.74, 6) is 1.56. The SMILES string of the molecule is CCCCC(CC)C1=CNCC(c2cccc(NC(/C=C(\N)NC(=O)C3CC3)=C(\C)N)c2OC)=C1.CCc1ccccn1.CNC=O. The van der Waals surface area contributed by atoms with E-state index in [2.05, 4.69) is 65.4 Å². The fourth-order valence-electron chi connectivity index (χ4n) is 4.93. The zero-order chi connectivity index (χ0) is 34.6.